The van der Waals surface area contributed by atoms with Gasteiger partial charge in [-0.3, -0.25) is 19.2 Å². The van der Waals surface area contributed by atoms with Crippen LogP contribution in [0.15, 0.2) is 40.8 Å². The zero-order valence-corrected chi connectivity index (χ0v) is 19.3. The average Bonchev–Trinajstić information content (AvgIpc) is 3.35. The van der Waals surface area contributed by atoms with Crippen molar-refractivity contribution in [2.45, 2.75) is 18.5 Å². The van der Waals surface area contributed by atoms with Crippen LogP contribution >= 0.6 is 11.3 Å². The number of carbonyl (C=O) groups is 3. The highest BCUT2D eigenvalue weighted by molar-refractivity contribution is 7.13. The number of halogens is 4. The molecule has 0 bridgehead atoms. The fraction of sp³-hybridized carbons (Fsp3) is 0.227. The highest BCUT2D eigenvalue weighted by atomic mass is 32.1. The third kappa shape index (κ3) is 5.16. The number of nitrogens with one attached hydrogen (secondary N) is 2. The van der Waals surface area contributed by atoms with Crippen LogP contribution < -0.4 is 20.9 Å². The van der Waals surface area contributed by atoms with Gasteiger partial charge in [-0.25, -0.2) is 13.8 Å². The highest BCUT2D eigenvalue weighted by Crippen LogP contribution is 2.44. The molecule has 1 aliphatic carbocycles. The van der Waals surface area contributed by atoms with Crippen LogP contribution in [0.1, 0.15) is 6.42 Å². The number of aliphatic carboxylic acids is 1. The van der Waals surface area contributed by atoms with Crippen LogP contribution in [0.5, 0.6) is 5.75 Å². The van der Waals surface area contributed by atoms with Crippen molar-refractivity contribution < 1.29 is 41.8 Å². The van der Waals surface area contributed by atoms with E-state index in [2.05, 4.69) is 20.4 Å². The molecule has 194 valence electrons. The van der Waals surface area contributed by atoms with Crippen LogP contribution in [0.3, 0.4) is 0 Å². The van der Waals surface area contributed by atoms with E-state index in [-0.39, 0.29) is 18.2 Å². The number of hydrogen-bond acceptors (Lipinski definition) is 8. The quantitative estimate of drug-likeness (QED) is 0.263. The lowest BCUT2D eigenvalue weighted by molar-refractivity contribution is -0.141. The molecular formula is C22H16F4N4O6S. The first-order valence-corrected chi connectivity index (χ1v) is 11.3. The maximum Gasteiger partial charge on any atom is 0.309 e. The molecule has 15 heteroatoms. The number of rotatable bonds is 10. The number of aromatic nitrogens is 2. The topological polar surface area (TPSA) is 140 Å². The van der Waals surface area contributed by atoms with E-state index in [1.807, 2.05) is 0 Å². The van der Waals surface area contributed by atoms with Crippen LogP contribution in [0.2, 0.25) is 0 Å². The molecule has 1 saturated carbocycles. The lowest BCUT2D eigenvalue weighted by Crippen LogP contribution is -2.49. The van der Waals surface area contributed by atoms with Crippen molar-refractivity contribution in [2.24, 2.45) is 5.92 Å². The molecule has 1 aromatic carbocycles. The minimum atomic E-state index is -2.01. The molecule has 2 atom stereocenters. The molecule has 2 aromatic heterocycles. The maximum atomic E-state index is 13.8. The van der Waals surface area contributed by atoms with Crippen LogP contribution in [0, 0.1) is 29.2 Å². The number of carbonyl (C=O) groups excluding carboxylic acids is 2. The second kappa shape index (κ2) is 10.0. The van der Waals surface area contributed by atoms with Crippen LogP contribution in [0.4, 0.5) is 28.4 Å². The number of thiazole rings is 1. The zero-order chi connectivity index (χ0) is 26.9. The van der Waals surface area contributed by atoms with Crippen molar-refractivity contribution in [3.05, 3.63) is 69.6 Å². The van der Waals surface area contributed by atoms with Gasteiger partial charge in [0, 0.05) is 23.8 Å². The molecule has 0 saturated heterocycles. The summed E-state index contributed by atoms with van der Waals surface area (Å²) in [6.45, 7) is -1.80. The summed E-state index contributed by atoms with van der Waals surface area (Å²) in [6.07, 6.45) is 2.43. The van der Waals surface area contributed by atoms with Gasteiger partial charge in [-0.1, -0.05) is 0 Å². The van der Waals surface area contributed by atoms with Crippen LogP contribution in [-0.4, -0.2) is 44.5 Å². The minimum absolute atomic E-state index is 0.0498. The summed E-state index contributed by atoms with van der Waals surface area (Å²) < 4.78 is 60.1. The predicted molar refractivity (Wildman–Crippen MR) is 119 cm³/mol. The van der Waals surface area contributed by atoms with Gasteiger partial charge in [0.05, 0.1) is 5.92 Å². The summed E-state index contributed by atoms with van der Waals surface area (Å²) in [5.74, 6) is -13.7. The number of Topliss-reactive ketones (excluding diaryl/α,β-unsaturated/α-hetero) is 1. The van der Waals surface area contributed by atoms with Gasteiger partial charge in [0.15, 0.2) is 28.3 Å². The molecule has 1 unspecified atom stereocenters. The first-order valence-electron chi connectivity index (χ1n) is 10.4. The molecule has 1 fully saturated rings. The zero-order valence-electron chi connectivity index (χ0n) is 18.5. The van der Waals surface area contributed by atoms with E-state index >= 15 is 0 Å². The summed E-state index contributed by atoms with van der Waals surface area (Å²) in [5.41, 5.74) is -2.52. The standard InChI is InChI=1S/C22H16F4N4O6S/c23-11-6-12(24)17(26)18(16(11)25)36-9-14(31)22(7-10(22)20(34)35)29-15(32)8-30-4-1-2-13(19(30)33)28-21-27-3-5-37-21/h1-6,10H,7-9H2,(H,27,28)(H,29,32)(H,34,35)/t10?,22-/m0/s1. The maximum absolute atomic E-state index is 13.8. The Bertz CT molecular complexity index is 1420. The lowest BCUT2D eigenvalue weighted by atomic mass is 10.1. The Morgan fingerprint density at radius 2 is 1.92 bits per heavy atom. The number of benzene rings is 1. The Hall–Kier alpha value is -4.27. The van der Waals surface area contributed by atoms with Gasteiger partial charge in [0.25, 0.3) is 5.56 Å². The Morgan fingerprint density at radius 3 is 2.51 bits per heavy atom. The summed E-state index contributed by atoms with van der Waals surface area (Å²) in [6, 6.07) is 2.87. The number of hydrogen-bond donors (Lipinski definition) is 3. The number of nitrogens with zero attached hydrogens (tertiary/aromatic N) is 2. The SMILES string of the molecule is O=C(Cn1cccc(Nc2nccs2)c1=O)N[C@@]1(C(=O)COc2c(F)c(F)cc(F)c2F)CC1C(=O)O. The second-order valence-corrected chi connectivity index (χ2v) is 8.84. The molecule has 0 aliphatic heterocycles. The van der Waals surface area contributed by atoms with Crippen molar-refractivity contribution in [2.75, 3.05) is 11.9 Å². The highest BCUT2D eigenvalue weighted by Gasteiger charge is 2.64. The molecule has 3 N–H and O–H groups in total. The first-order chi connectivity index (χ1) is 17.5. The average molecular weight is 540 g/mol. The Labute approximate surface area is 208 Å². The Morgan fingerprint density at radius 1 is 1.22 bits per heavy atom. The van der Waals surface area contributed by atoms with Gasteiger partial charge in [0.1, 0.15) is 24.4 Å². The number of ether oxygens (including phenoxy) is 1. The van der Waals surface area contributed by atoms with Crippen molar-refractivity contribution in [3.8, 4) is 5.75 Å². The van der Waals surface area contributed by atoms with Crippen LogP contribution in [0.25, 0.3) is 0 Å². The lowest BCUT2D eigenvalue weighted by Gasteiger charge is -2.19. The number of carboxylic acid groups (broad SMARTS) is 1. The molecule has 37 heavy (non-hydrogen) atoms. The van der Waals surface area contributed by atoms with Gasteiger partial charge in [-0.05, 0) is 18.6 Å². The van der Waals surface area contributed by atoms with Crippen molar-refractivity contribution in [1.82, 2.24) is 14.9 Å². The number of carboxylic acids is 1. The van der Waals surface area contributed by atoms with E-state index in [4.69, 9.17) is 0 Å². The van der Waals surface area contributed by atoms with E-state index in [0.717, 1.165) is 4.57 Å². The van der Waals surface area contributed by atoms with Gasteiger partial charge >= 0.3 is 5.97 Å². The van der Waals surface area contributed by atoms with Gasteiger partial charge < -0.3 is 25.0 Å². The summed E-state index contributed by atoms with van der Waals surface area (Å²) in [7, 11) is 0. The number of pyridine rings is 1. The summed E-state index contributed by atoms with van der Waals surface area (Å²) in [5, 5.41) is 16.5. The molecule has 1 aliphatic rings. The fourth-order valence-electron chi connectivity index (χ4n) is 3.62. The summed E-state index contributed by atoms with van der Waals surface area (Å²) in [4.78, 5) is 53.6. The summed E-state index contributed by atoms with van der Waals surface area (Å²) >= 11 is 1.23. The van der Waals surface area contributed by atoms with Gasteiger partial charge in [-0.2, -0.15) is 8.78 Å². The second-order valence-electron chi connectivity index (χ2n) is 7.94. The molecule has 0 spiro atoms. The van der Waals surface area contributed by atoms with E-state index in [1.165, 1.54) is 35.9 Å². The molecule has 1 amide bonds. The minimum Gasteiger partial charge on any atom is -0.481 e. The van der Waals surface area contributed by atoms with Crippen molar-refractivity contribution in [1.29, 1.82) is 0 Å². The monoisotopic (exact) mass is 540 g/mol. The van der Waals surface area contributed by atoms with Crippen molar-refractivity contribution in [3.63, 3.8) is 0 Å². The molecule has 0 radical (unpaired) electrons. The van der Waals surface area contributed by atoms with Gasteiger partial charge in [0.2, 0.25) is 17.5 Å². The Kier molecular flexibility index (Phi) is 6.98. The molecule has 3 aromatic rings. The van der Waals surface area contributed by atoms with E-state index in [0.29, 0.717) is 5.13 Å². The number of anilines is 2. The third-order valence-electron chi connectivity index (χ3n) is 5.55. The smallest absolute Gasteiger partial charge is 0.309 e. The Balaban J connectivity index is 1.48. The van der Waals surface area contributed by atoms with Crippen molar-refractivity contribution >= 4 is 39.8 Å². The molecular weight excluding hydrogens is 524 g/mol. The molecule has 10 nitrogen and oxygen atoms in total. The number of ketones is 1. The third-order valence-corrected chi connectivity index (χ3v) is 6.23. The first kappa shape index (κ1) is 25.8. The van der Waals surface area contributed by atoms with E-state index in [1.54, 1.807) is 5.38 Å². The molecule has 2 heterocycles. The predicted octanol–water partition coefficient (Wildman–Crippen LogP) is 2.21. The van der Waals surface area contributed by atoms with E-state index < -0.39 is 76.8 Å². The number of amides is 1. The largest absolute Gasteiger partial charge is 0.481 e. The fourth-order valence-corrected chi connectivity index (χ4v) is 4.16. The molecule has 4 rings (SSSR count). The van der Waals surface area contributed by atoms with E-state index in [9.17, 15) is 41.8 Å². The van der Waals surface area contributed by atoms with Gasteiger partial charge in [-0.15, -0.1) is 11.3 Å². The normalized spacial score (nSPS) is 18.2. The van der Waals surface area contributed by atoms with Crippen LogP contribution in [-0.2, 0) is 20.9 Å².